The standard InChI is InChI=1S/C24H22N6O.ClH/c1-2-6-20(7-3-1)30-24(27-28-29-30)31-21-12-10-18(11-13-21)16-25-15-14-19-17-26-23-9-5-4-8-22(19)23;/h1-13,17,25-26H,14-16H2;1H. The van der Waals surface area contributed by atoms with Gasteiger partial charge in [-0.3, -0.25) is 0 Å². The van der Waals surface area contributed by atoms with Crippen LogP contribution >= 0.6 is 12.4 Å². The minimum Gasteiger partial charge on any atom is -0.423 e. The lowest BCUT2D eigenvalue weighted by Crippen LogP contribution is -2.16. The number of nitrogens with one attached hydrogen (secondary N) is 2. The molecule has 5 aromatic rings. The van der Waals surface area contributed by atoms with Crippen molar-refractivity contribution in [3.63, 3.8) is 0 Å². The number of halogens is 1. The van der Waals surface area contributed by atoms with Crippen molar-refractivity contribution < 1.29 is 4.74 Å². The number of rotatable bonds is 8. The van der Waals surface area contributed by atoms with E-state index in [1.165, 1.54) is 22.0 Å². The number of nitrogens with zero attached hydrogens (tertiary/aromatic N) is 4. The molecule has 0 aliphatic heterocycles. The van der Waals surface area contributed by atoms with Gasteiger partial charge >= 0.3 is 6.01 Å². The van der Waals surface area contributed by atoms with E-state index in [0.717, 1.165) is 25.2 Å². The fourth-order valence-electron chi connectivity index (χ4n) is 3.55. The summed E-state index contributed by atoms with van der Waals surface area (Å²) in [5.41, 5.74) is 4.56. The zero-order valence-electron chi connectivity index (χ0n) is 17.3. The first kappa shape index (κ1) is 21.5. The quantitative estimate of drug-likeness (QED) is 0.338. The summed E-state index contributed by atoms with van der Waals surface area (Å²) >= 11 is 0. The molecular formula is C24H23ClN6O. The van der Waals surface area contributed by atoms with Crippen LogP contribution < -0.4 is 10.1 Å². The first-order chi connectivity index (χ1) is 15.4. The molecule has 2 heterocycles. The van der Waals surface area contributed by atoms with Crippen molar-refractivity contribution in [3.8, 4) is 17.4 Å². The minimum absolute atomic E-state index is 0. The van der Waals surface area contributed by atoms with E-state index in [0.29, 0.717) is 11.8 Å². The molecule has 0 fully saturated rings. The Labute approximate surface area is 191 Å². The summed E-state index contributed by atoms with van der Waals surface area (Å²) in [6.45, 7) is 1.70. The van der Waals surface area contributed by atoms with Crippen LogP contribution in [0.4, 0.5) is 0 Å². The van der Waals surface area contributed by atoms with Crippen molar-refractivity contribution in [1.82, 2.24) is 30.5 Å². The number of tetrazole rings is 1. The van der Waals surface area contributed by atoms with E-state index in [1.54, 1.807) is 4.68 Å². The molecule has 0 unspecified atom stereocenters. The molecule has 0 saturated carbocycles. The number of H-pyrrole nitrogens is 1. The molecule has 0 aliphatic carbocycles. The lowest BCUT2D eigenvalue weighted by atomic mass is 10.1. The fourth-order valence-corrected chi connectivity index (χ4v) is 3.55. The number of benzene rings is 3. The van der Waals surface area contributed by atoms with Crippen LogP contribution in [0.1, 0.15) is 11.1 Å². The highest BCUT2D eigenvalue weighted by Crippen LogP contribution is 2.21. The summed E-state index contributed by atoms with van der Waals surface area (Å²) in [4.78, 5) is 3.33. The first-order valence-corrected chi connectivity index (χ1v) is 10.2. The van der Waals surface area contributed by atoms with Crippen molar-refractivity contribution in [2.24, 2.45) is 0 Å². The normalized spacial score (nSPS) is 10.8. The Bertz CT molecular complexity index is 1270. The summed E-state index contributed by atoms with van der Waals surface area (Å²) in [6, 6.07) is 26.3. The van der Waals surface area contributed by atoms with Gasteiger partial charge in [-0.25, -0.2) is 0 Å². The smallest absolute Gasteiger partial charge is 0.345 e. The topological polar surface area (TPSA) is 80.7 Å². The lowest BCUT2D eigenvalue weighted by molar-refractivity contribution is 0.427. The highest BCUT2D eigenvalue weighted by atomic mass is 35.5. The summed E-state index contributed by atoms with van der Waals surface area (Å²) in [6.07, 6.45) is 3.08. The maximum Gasteiger partial charge on any atom is 0.345 e. The number of para-hydroxylation sites is 2. The first-order valence-electron chi connectivity index (χ1n) is 10.2. The third-order valence-electron chi connectivity index (χ3n) is 5.15. The van der Waals surface area contributed by atoms with Gasteiger partial charge in [0.1, 0.15) is 5.75 Å². The summed E-state index contributed by atoms with van der Waals surface area (Å²) < 4.78 is 7.45. The van der Waals surface area contributed by atoms with Crippen molar-refractivity contribution in [2.75, 3.05) is 6.54 Å². The van der Waals surface area contributed by atoms with Crippen LogP contribution in [-0.4, -0.2) is 31.7 Å². The highest BCUT2D eigenvalue weighted by molar-refractivity contribution is 5.85. The third-order valence-corrected chi connectivity index (χ3v) is 5.15. The van der Waals surface area contributed by atoms with Gasteiger partial charge in [0.15, 0.2) is 0 Å². The van der Waals surface area contributed by atoms with E-state index < -0.39 is 0 Å². The average Bonchev–Trinajstić information content (AvgIpc) is 3.45. The van der Waals surface area contributed by atoms with E-state index in [2.05, 4.69) is 56.3 Å². The Kier molecular flexibility index (Phi) is 6.79. The maximum atomic E-state index is 5.88. The molecule has 0 atom stereocenters. The molecule has 162 valence electrons. The fraction of sp³-hybridized carbons (Fsp3) is 0.125. The molecule has 0 bridgehead atoms. The van der Waals surface area contributed by atoms with Gasteiger partial charge < -0.3 is 15.0 Å². The molecule has 3 aromatic carbocycles. The van der Waals surface area contributed by atoms with Crippen molar-refractivity contribution in [2.45, 2.75) is 13.0 Å². The number of hydrogen-bond donors (Lipinski definition) is 2. The van der Waals surface area contributed by atoms with Crippen LogP contribution in [0.15, 0.2) is 85.1 Å². The van der Waals surface area contributed by atoms with E-state index in [-0.39, 0.29) is 12.4 Å². The molecule has 0 radical (unpaired) electrons. The number of aromatic amines is 1. The minimum atomic E-state index is 0. The summed E-state index contributed by atoms with van der Waals surface area (Å²) in [5.74, 6) is 0.689. The second kappa shape index (κ2) is 10.1. The molecule has 2 aromatic heterocycles. The van der Waals surface area contributed by atoms with Gasteiger partial charge in [0, 0.05) is 23.6 Å². The van der Waals surface area contributed by atoms with E-state index in [9.17, 15) is 0 Å². The van der Waals surface area contributed by atoms with E-state index >= 15 is 0 Å². The Hall–Kier alpha value is -3.68. The molecular weight excluding hydrogens is 424 g/mol. The molecule has 0 amide bonds. The number of aromatic nitrogens is 5. The van der Waals surface area contributed by atoms with Crippen molar-refractivity contribution in [1.29, 1.82) is 0 Å². The Morgan fingerprint density at radius 3 is 2.53 bits per heavy atom. The van der Waals surface area contributed by atoms with Gasteiger partial charge in [-0.1, -0.05) is 53.6 Å². The average molecular weight is 447 g/mol. The Morgan fingerprint density at radius 1 is 0.906 bits per heavy atom. The largest absolute Gasteiger partial charge is 0.423 e. The van der Waals surface area contributed by atoms with Crippen LogP contribution in [0.5, 0.6) is 11.8 Å². The Morgan fingerprint density at radius 2 is 1.69 bits per heavy atom. The molecule has 0 saturated heterocycles. The molecule has 5 rings (SSSR count). The van der Waals surface area contributed by atoms with Gasteiger partial charge in [-0.05, 0) is 64.9 Å². The molecule has 0 aliphatic rings. The summed E-state index contributed by atoms with van der Waals surface area (Å²) in [7, 11) is 0. The zero-order chi connectivity index (χ0) is 20.9. The van der Waals surface area contributed by atoms with Crippen LogP contribution in [0.25, 0.3) is 16.6 Å². The summed E-state index contributed by atoms with van der Waals surface area (Å²) in [5, 5.41) is 16.5. The van der Waals surface area contributed by atoms with Crippen molar-refractivity contribution >= 4 is 23.3 Å². The van der Waals surface area contributed by atoms with Crippen LogP contribution in [0.3, 0.4) is 0 Å². The second-order valence-electron chi connectivity index (χ2n) is 7.24. The lowest BCUT2D eigenvalue weighted by Gasteiger charge is -2.08. The Balaban J connectivity index is 0.00000245. The molecule has 0 spiro atoms. The predicted octanol–water partition coefficient (Wildman–Crippen LogP) is 4.69. The van der Waals surface area contributed by atoms with Gasteiger partial charge in [0.25, 0.3) is 0 Å². The van der Waals surface area contributed by atoms with E-state index in [1.807, 2.05) is 54.6 Å². The SMILES string of the molecule is Cl.c1ccc(-n2nnnc2Oc2ccc(CNCCc3c[nH]c4ccccc34)cc2)cc1. The monoisotopic (exact) mass is 446 g/mol. The van der Waals surface area contributed by atoms with Gasteiger partial charge in [0.2, 0.25) is 0 Å². The van der Waals surface area contributed by atoms with Gasteiger partial charge in [-0.2, -0.15) is 4.68 Å². The van der Waals surface area contributed by atoms with Crippen LogP contribution in [0, 0.1) is 0 Å². The van der Waals surface area contributed by atoms with E-state index in [4.69, 9.17) is 4.74 Å². The molecule has 2 N–H and O–H groups in total. The van der Waals surface area contributed by atoms with Gasteiger partial charge in [0.05, 0.1) is 5.69 Å². The second-order valence-corrected chi connectivity index (χ2v) is 7.24. The zero-order valence-corrected chi connectivity index (χ0v) is 18.1. The molecule has 8 heteroatoms. The van der Waals surface area contributed by atoms with Crippen LogP contribution in [-0.2, 0) is 13.0 Å². The van der Waals surface area contributed by atoms with Gasteiger partial charge in [-0.15, -0.1) is 12.4 Å². The van der Waals surface area contributed by atoms with Crippen LogP contribution in [0.2, 0.25) is 0 Å². The highest BCUT2D eigenvalue weighted by Gasteiger charge is 2.10. The van der Waals surface area contributed by atoms with Crippen molar-refractivity contribution in [3.05, 3.63) is 96.2 Å². The number of fused-ring (bicyclic) bond motifs is 1. The predicted molar refractivity (Wildman–Crippen MR) is 127 cm³/mol. The maximum absolute atomic E-state index is 5.88. The number of hydrogen-bond acceptors (Lipinski definition) is 5. The molecule has 32 heavy (non-hydrogen) atoms. The third kappa shape index (κ3) is 4.80. The number of ether oxygens (including phenoxy) is 1. The molecule has 7 nitrogen and oxygen atoms in total.